The van der Waals surface area contributed by atoms with E-state index in [1.165, 1.54) is 25.7 Å². The number of aliphatic hydroxyl groups excluding tert-OH is 1. The monoisotopic (exact) mass is 455 g/mol. The molecule has 7 unspecified atom stereocenters. The first-order valence-electron chi connectivity index (χ1n) is 13.0. The first-order chi connectivity index (χ1) is 15.3. The highest BCUT2D eigenvalue weighted by molar-refractivity contribution is 5.68. The second-order valence-corrected chi connectivity index (χ2v) is 10.5. The minimum Gasteiger partial charge on any atom is -0.481 e. The van der Waals surface area contributed by atoms with Gasteiger partial charge in [-0.25, -0.2) is 0 Å². The van der Waals surface area contributed by atoms with Gasteiger partial charge in [-0.3, -0.25) is 4.79 Å². The van der Waals surface area contributed by atoms with Crippen molar-refractivity contribution in [2.24, 2.45) is 17.8 Å². The van der Waals surface area contributed by atoms with Crippen molar-refractivity contribution in [3.63, 3.8) is 0 Å². The topological polar surface area (TPSA) is 114 Å². The Kier molecular flexibility index (Phi) is 11.9. The van der Waals surface area contributed by atoms with Crippen LogP contribution >= 0.6 is 0 Å². The average Bonchev–Trinajstić information content (AvgIpc) is 2.74. The van der Waals surface area contributed by atoms with Gasteiger partial charge in [-0.15, -0.1) is 0 Å². The molecule has 7 nitrogen and oxygen atoms in total. The molecule has 32 heavy (non-hydrogen) atoms. The Hall–Kier alpha value is -0.730. The molecule has 6 N–H and O–H groups in total. The standard InChI is InChI=1S/C25H49N3O4/c1-4-27-17-25(32,15-24(30)31)13-7-5-6-8-19-9-10-20(14-21(19)16-26-3)22-11-12-23(29)18(2)28-22/h18-23,26-29,32H,4-17H2,1-3H3,(H,30,31). The van der Waals surface area contributed by atoms with Crippen LogP contribution in [0.1, 0.15) is 84.5 Å². The SMILES string of the molecule is CCNCC(O)(CCCCCC1CCC(C2CCC(O)C(C)N2)CC1CNC)CC(=O)O. The summed E-state index contributed by atoms with van der Waals surface area (Å²) < 4.78 is 0. The number of carboxylic acids is 1. The Balaban J connectivity index is 1.75. The molecule has 2 rings (SSSR count). The molecule has 0 radical (unpaired) electrons. The van der Waals surface area contributed by atoms with E-state index in [1.54, 1.807) is 0 Å². The average molecular weight is 456 g/mol. The van der Waals surface area contributed by atoms with Crippen LogP contribution in [0.5, 0.6) is 0 Å². The predicted octanol–water partition coefficient (Wildman–Crippen LogP) is 2.51. The minimum absolute atomic E-state index is 0.195. The van der Waals surface area contributed by atoms with Crippen LogP contribution in [0.3, 0.4) is 0 Å². The van der Waals surface area contributed by atoms with Gasteiger partial charge in [0, 0.05) is 18.6 Å². The van der Waals surface area contributed by atoms with Crippen molar-refractivity contribution in [2.45, 2.75) is 108 Å². The molecule has 188 valence electrons. The van der Waals surface area contributed by atoms with Gasteiger partial charge < -0.3 is 31.3 Å². The number of unbranched alkanes of at least 4 members (excludes halogenated alkanes) is 2. The van der Waals surface area contributed by atoms with E-state index >= 15 is 0 Å². The summed E-state index contributed by atoms with van der Waals surface area (Å²) in [7, 11) is 2.05. The molecule has 0 amide bonds. The lowest BCUT2D eigenvalue weighted by atomic mass is 9.68. The van der Waals surface area contributed by atoms with E-state index in [9.17, 15) is 15.0 Å². The van der Waals surface area contributed by atoms with E-state index < -0.39 is 11.6 Å². The number of carboxylic acid groups (broad SMARTS) is 1. The number of carbonyl (C=O) groups is 1. The lowest BCUT2D eigenvalue weighted by molar-refractivity contribution is -0.142. The van der Waals surface area contributed by atoms with Crippen molar-refractivity contribution in [1.29, 1.82) is 0 Å². The number of hydrogen-bond acceptors (Lipinski definition) is 6. The van der Waals surface area contributed by atoms with E-state index in [1.807, 2.05) is 14.0 Å². The number of likely N-dealkylation sites (N-methyl/N-ethyl adjacent to an activating group) is 1. The number of nitrogens with one attached hydrogen (secondary N) is 3. The fraction of sp³-hybridized carbons (Fsp3) is 0.960. The van der Waals surface area contributed by atoms with Crippen molar-refractivity contribution in [3.8, 4) is 0 Å². The summed E-state index contributed by atoms with van der Waals surface area (Å²) in [5, 5.41) is 40.0. The maximum Gasteiger partial charge on any atom is 0.306 e. The molecule has 2 aliphatic rings. The molecular weight excluding hydrogens is 406 g/mol. The van der Waals surface area contributed by atoms with Gasteiger partial charge in [-0.05, 0) is 83.3 Å². The van der Waals surface area contributed by atoms with Crippen LogP contribution in [0.25, 0.3) is 0 Å². The van der Waals surface area contributed by atoms with E-state index in [4.69, 9.17) is 5.11 Å². The highest BCUT2D eigenvalue weighted by Crippen LogP contribution is 2.40. The van der Waals surface area contributed by atoms with Crippen LogP contribution < -0.4 is 16.0 Å². The van der Waals surface area contributed by atoms with Crippen LogP contribution in [0.4, 0.5) is 0 Å². The summed E-state index contributed by atoms with van der Waals surface area (Å²) in [5.41, 5.74) is -1.15. The van der Waals surface area contributed by atoms with Gasteiger partial charge in [0.25, 0.3) is 0 Å². The largest absolute Gasteiger partial charge is 0.481 e. The third-order valence-corrected chi connectivity index (χ3v) is 7.94. The summed E-state index contributed by atoms with van der Waals surface area (Å²) in [6.07, 6.45) is 10.2. The molecule has 1 saturated heterocycles. The minimum atomic E-state index is -1.15. The van der Waals surface area contributed by atoms with Crippen molar-refractivity contribution < 1.29 is 20.1 Å². The number of hydrogen-bond donors (Lipinski definition) is 6. The Morgan fingerprint density at radius 3 is 2.56 bits per heavy atom. The van der Waals surface area contributed by atoms with Crippen LogP contribution in [0.15, 0.2) is 0 Å². The molecule has 0 aromatic carbocycles. The zero-order valence-electron chi connectivity index (χ0n) is 20.6. The zero-order chi connectivity index (χ0) is 23.6. The Bertz CT molecular complexity index is 549. The van der Waals surface area contributed by atoms with Crippen molar-refractivity contribution in [2.75, 3.05) is 26.7 Å². The molecular formula is C25H49N3O4. The molecule has 0 spiro atoms. The third kappa shape index (κ3) is 8.90. The van der Waals surface area contributed by atoms with Gasteiger partial charge in [0.1, 0.15) is 0 Å². The summed E-state index contributed by atoms with van der Waals surface area (Å²) in [5.74, 6) is 1.20. The normalized spacial score (nSPS) is 33.0. The van der Waals surface area contributed by atoms with Gasteiger partial charge in [-0.2, -0.15) is 0 Å². The van der Waals surface area contributed by atoms with Crippen molar-refractivity contribution in [3.05, 3.63) is 0 Å². The molecule has 2 fully saturated rings. The Labute approximate surface area is 195 Å². The fourth-order valence-electron chi connectivity index (χ4n) is 6.04. The molecule has 0 bridgehead atoms. The number of rotatable bonds is 14. The summed E-state index contributed by atoms with van der Waals surface area (Å²) in [4.78, 5) is 11.1. The smallest absolute Gasteiger partial charge is 0.306 e. The van der Waals surface area contributed by atoms with Gasteiger partial charge in [0.2, 0.25) is 0 Å². The number of piperidine rings is 1. The predicted molar refractivity (Wildman–Crippen MR) is 129 cm³/mol. The molecule has 0 aromatic rings. The van der Waals surface area contributed by atoms with Gasteiger partial charge in [0.15, 0.2) is 0 Å². The van der Waals surface area contributed by atoms with E-state index in [0.29, 0.717) is 30.8 Å². The second kappa shape index (κ2) is 13.9. The highest BCUT2D eigenvalue weighted by Gasteiger charge is 2.36. The molecule has 1 heterocycles. The molecule has 1 aliphatic heterocycles. The maximum atomic E-state index is 11.1. The summed E-state index contributed by atoms with van der Waals surface area (Å²) in [6.45, 7) is 6.20. The number of aliphatic carboxylic acids is 1. The van der Waals surface area contributed by atoms with Crippen LogP contribution in [0, 0.1) is 17.8 Å². The number of aliphatic hydroxyl groups is 2. The summed E-state index contributed by atoms with van der Waals surface area (Å²) >= 11 is 0. The molecule has 1 saturated carbocycles. The maximum absolute atomic E-state index is 11.1. The van der Waals surface area contributed by atoms with Gasteiger partial charge in [0.05, 0.1) is 18.1 Å². The van der Waals surface area contributed by atoms with E-state index in [0.717, 1.165) is 51.1 Å². The van der Waals surface area contributed by atoms with Gasteiger partial charge >= 0.3 is 5.97 Å². The fourth-order valence-corrected chi connectivity index (χ4v) is 6.04. The van der Waals surface area contributed by atoms with Crippen molar-refractivity contribution >= 4 is 5.97 Å². The molecule has 0 aromatic heterocycles. The lowest BCUT2D eigenvalue weighted by Crippen LogP contribution is -2.52. The Morgan fingerprint density at radius 1 is 1.12 bits per heavy atom. The van der Waals surface area contributed by atoms with Crippen LogP contribution in [0.2, 0.25) is 0 Å². The quantitative estimate of drug-likeness (QED) is 0.223. The molecule has 7 heteroatoms. The Morgan fingerprint density at radius 2 is 1.91 bits per heavy atom. The van der Waals surface area contributed by atoms with Gasteiger partial charge in [-0.1, -0.05) is 32.6 Å². The van der Waals surface area contributed by atoms with Crippen LogP contribution in [-0.4, -0.2) is 71.8 Å². The van der Waals surface area contributed by atoms with Crippen LogP contribution in [-0.2, 0) is 4.79 Å². The van der Waals surface area contributed by atoms with E-state index in [2.05, 4.69) is 22.9 Å². The zero-order valence-corrected chi connectivity index (χ0v) is 20.6. The molecule has 7 atom stereocenters. The second-order valence-electron chi connectivity index (χ2n) is 10.5. The molecule has 1 aliphatic carbocycles. The lowest BCUT2D eigenvalue weighted by Gasteiger charge is -2.43. The first-order valence-corrected chi connectivity index (χ1v) is 13.0. The summed E-state index contributed by atoms with van der Waals surface area (Å²) in [6, 6.07) is 0.735. The highest BCUT2D eigenvalue weighted by atomic mass is 16.4. The third-order valence-electron chi connectivity index (χ3n) is 7.94. The van der Waals surface area contributed by atoms with E-state index in [-0.39, 0.29) is 18.6 Å². The van der Waals surface area contributed by atoms with Crippen molar-refractivity contribution in [1.82, 2.24) is 16.0 Å². The first kappa shape index (κ1) is 27.5.